The number of rotatable bonds is 3. The Morgan fingerprint density at radius 1 is 0.529 bits per heavy atom. The minimum atomic E-state index is 0.101. The van der Waals surface area contributed by atoms with Crippen molar-refractivity contribution in [3.63, 3.8) is 0 Å². The fourth-order valence-electron chi connectivity index (χ4n) is 4.65. The van der Waals surface area contributed by atoms with E-state index >= 15 is 0 Å². The predicted molar refractivity (Wildman–Crippen MR) is 148 cm³/mol. The Bertz CT molecular complexity index is 1400. The summed E-state index contributed by atoms with van der Waals surface area (Å²) in [6.45, 7) is 13.7. The SMILES string of the molecule is CC(C)(C)c1ccc2c(c1)c1cc(C(C)(C)C)ccc1n2-c1cccc(Nc2ccccc2)c1. The van der Waals surface area contributed by atoms with E-state index in [1.54, 1.807) is 0 Å². The zero-order valence-corrected chi connectivity index (χ0v) is 21.1. The Kier molecular flexibility index (Phi) is 5.28. The number of nitrogens with one attached hydrogen (secondary N) is 1. The second-order valence-corrected chi connectivity index (χ2v) is 11.3. The van der Waals surface area contributed by atoms with Crippen molar-refractivity contribution in [2.75, 3.05) is 5.32 Å². The van der Waals surface area contributed by atoms with Crippen LogP contribution in [-0.2, 0) is 10.8 Å². The van der Waals surface area contributed by atoms with Gasteiger partial charge >= 0.3 is 0 Å². The van der Waals surface area contributed by atoms with Gasteiger partial charge in [0.2, 0.25) is 0 Å². The predicted octanol–water partition coefficient (Wildman–Crippen LogP) is 9.12. The number of benzene rings is 4. The molecular weight excluding hydrogens is 412 g/mol. The van der Waals surface area contributed by atoms with Crippen molar-refractivity contribution in [3.8, 4) is 5.69 Å². The highest BCUT2D eigenvalue weighted by Crippen LogP contribution is 2.37. The zero-order chi connectivity index (χ0) is 24.1. The lowest BCUT2D eigenvalue weighted by molar-refractivity contribution is 0.590. The molecule has 0 spiro atoms. The molecule has 0 aliphatic heterocycles. The highest BCUT2D eigenvalue weighted by Gasteiger charge is 2.20. The van der Waals surface area contributed by atoms with Gasteiger partial charge in [-0.05, 0) is 76.6 Å². The highest BCUT2D eigenvalue weighted by molar-refractivity contribution is 6.10. The summed E-state index contributed by atoms with van der Waals surface area (Å²) in [6, 6.07) is 33.0. The van der Waals surface area contributed by atoms with Gasteiger partial charge in [0.15, 0.2) is 0 Å². The normalized spacial score (nSPS) is 12.4. The number of para-hydroxylation sites is 1. The van der Waals surface area contributed by atoms with Gasteiger partial charge in [-0.15, -0.1) is 0 Å². The molecule has 0 aliphatic carbocycles. The highest BCUT2D eigenvalue weighted by atomic mass is 15.0. The molecule has 1 aromatic heterocycles. The van der Waals surface area contributed by atoms with Gasteiger partial charge in [0, 0.05) is 27.8 Å². The second-order valence-electron chi connectivity index (χ2n) is 11.3. The molecule has 2 nitrogen and oxygen atoms in total. The smallest absolute Gasteiger partial charge is 0.0541 e. The average Bonchev–Trinajstić information content (AvgIpc) is 3.12. The van der Waals surface area contributed by atoms with Crippen LogP contribution >= 0.6 is 0 Å². The van der Waals surface area contributed by atoms with Crippen molar-refractivity contribution in [2.24, 2.45) is 0 Å². The van der Waals surface area contributed by atoms with Crippen LogP contribution in [0.25, 0.3) is 27.5 Å². The third kappa shape index (κ3) is 4.09. The van der Waals surface area contributed by atoms with Crippen molar-refractivity contribution >= 4 is 33.2 Å². The van der Waals surface area contributed by atoms with Gasteiger partial charge in [0.05, 0.1) is 11.0 Å². The summed E-state index contributed by atoms with van der Waals surface area (Å²) >= 11 is 0. The van der Waals surface area contributed by atoms with Crippen molar-refractivity contribution in [1.29, 1.82) is 0 Å². The summed E-state index contributed by atoms with van der Waals surface area (Å²) in [5.74, 6) is 0. The van der Waals surface area contributed by atoms with E-state index in [9.17, 15) is 0 Å². The van der Waals surface area contributed by atoms with Crippen LogP contribution in [0.3, 0.4) is 0 Å². The van der Waals surface area contributed by atoms with E-state index in [2.05, 4.69) is 136 Å². The van der Waals surface area contributed by atoms with Crippen LogP contribution in [0.1, 0.15) is 52.7 Å². The quantitative estimate of drug-likeness (QED) is 0.292. The largest absolute Gasteiger partial charge is 0.355 e. The minimum Gasteiger partial charge on any atom is -0.355 e. The molecule has 5 aromatic rings. The summed E-state index contributed by atoms with van der Waals surface area (Å²) in [5, 5.41) is 6.18. The Morgan fingerprint density at radius 3 is 1.59 bits per heavy atom. The standard InChI is InChI=1S/C32H34N2/c1-31(2,3)22-15-17-29-27(19-22)28-20-23(32(4,5)6)16-18-30(28)34(29)26-14-10-13-25(21-26)33-24-11-8-7-9-12-24/h7-21,33H,1-6H3. The van der Waals surface area contributed by atoms with E-state index in [4.69, 9.17) is 0 Å². The first kappa shape index (κ1) is 22.3. The molecule has 0 saturated heterocycles. The molecule has 1 heterocycles. The van der Waals surface area contributed by atoms with Gasteiger partial charge in [-0.2, -0.15) is 0 Å². The topological polar surface area (TPSA) is 17.0 Å². The monoisotopic (exact) mass is 446 g/mol. The molecule has 5 rings (SSSR count). The van der Waals surface area contributed by atoms with E-state index in [-0.39, 0.29) is 10.8 Å². The molecule has 0 fully saturated rings. The molecule has 0 atom stereocenters. The van der Waals surface area contributed by atoms with Crippen LogP contribution in [-0.4, -0.2) is 4.57 Å². The Labute approximate surface area is 203 Å². The zero-order valence-electron chi connectivity index (χ0n) is 21.1. The van der Waals surface area contributed by atoms with Crippen LogP contribution in [0, 0.1) is 0 Å². The molecule has 172 valence electrons. The van der Waals surface area contributed by atoms with Gasteiger partial charge in [0.25, 0.3) is 0 Å². The maximum absolute atomic E-state index is 3.55. The van der Waals surface area contributed by atoms with Crippen molar-refractivity contribution in [2.45, 2.75) is 52.4 Å². The van der Waals surface area contributed by atoms with Gasteiger partial charge in [-0.1, -0.05) is 77.9 Å². The average molecular weight is 447 g/mol. The number of anilines is 2. The summed E-state index contributed by atoms with van der Waals surface area (Å²) in [5.41, 5.74) is 8.74. The van der Waals surface area contributed by atoms with E-state index in [1.165, 1.54) is 32.9 Å². The minimum absolute atomic E-state index is 0.101. The van der Waals surface area contributed by atoms with Crippen molar-refractivity contribution < 1.29 is 0 Å². The Morgan fingerprint density at radius 2 is 1.06 bits per heavy atom. The summed E-state index contributed by atoms with van der Waals surface area (Å²) in [6.07, 6.45) is 0. The molecule has 0 saturated carbocycles. The summed E-state index contributed by atoms with van der Waals surface area (Å²) < 4.78 is 2.40. The van der Waals surface area contributed by atoms with Crippen LogP contribution in [0.5, 0.6) is 0 Å². The first-order chi connectivity index (χ1) is 16.1. The van der Waals surface area contributed by atoms with Crippen LogP contribution in [0.15, 0.2) is 91.0 Å². The lowest BCUT2D eigenvalue weighted by Gasteiger charge is -2.19. The van der Waals surface area contributed by atoms with Crippen molar-refractivity contribution in [3.05, 3.63) is 102 Å². The third-order valence-electron chi connectivity index (χ3n) is 6.66. The van der Waals surface area contributed by atoms with E-state index in [0.29, 0.717) is 0 Å². The molecule has 1 N–H and O–H groups in total. The molecule has 4 aromatic carbocycles. The van der Waals surface area contributed by atoms with Crippen LogP contribution in [0.4, 0.5) is 11.4 Å². The fraction of sp³-hybridized carbons (Fsp3) is 0.250. The van der Waals surface area contributed by atoms with Crippen molar-refractivity contribution in [1.82, 2.24) is 4.57 Å². The lowest BCUT2D eigenvalue weighted by Crippen LogP contribution is -2.10. The summed E-state index contributed by atoms with van der Waals surface area (Å²) in [7, 11) is 0. The van der Waals surface area contributed by atoms with Crippen LogP contribution in [0.2, 0.25) is 0 Å². The first-order valence-corrected chi connectivity index (χ1v) is 12.1. The maximum Gasteiger partial charge on any atom is 0.0541 e. The lowest BCUT2D eigenvalue weighted by atomic mass is 9.85. The van der Waals surface area contributed by atoms with Gasteiger partial charge < -0.3 is 9.88 Å². The molecule has 0 amide bonds. The molecular formula is C32H34N2. The summed E-state index contributed by atoms with van der Waals surface area (Å²) in [4.78, 5) is 0. The van der Waals surface area contributed by atoms with Crippen LogP contribution < -0.4 is 5.32 Å². The molecule has 0 radical (unpaired) electrons. The number of nitrogens with zero attached hydrogens (tertiary/aromatic N) is 1. The molecule has 0 bridgehead atoms. The molecule has 2 heteroatoms. The van der Waals surface area contributed by atoms with E-state index < -0.39 is 0 Å². The number of hydrogen-bond acceptors (Lipinski definition) is 1. The van der Waals surface area contributed by atoms with Gasteiger partial charge in [-0.3, -0.25) is 0 Å². The number of fused-ring (bicyclic) bond motifs is 3. The van der Waals surface area contributed by atoms with E-state index in [1.807, 2.05) is 6.07 Å². The maximum atomic E-state index is 3.55. The first-order valence-electron chi connectivity index (χ1n) is 12.1. The molecule has 0 unspecified atom stereocenters. The number of aromatic nitrogens is 1. The van der Waals surface area contributed by atoms with Gasteiger partial charge in [-0.25, -0.2) is 0 Å². The van der Waals surface area contributed by atoms with Gasteiger partial charge in [0.1, 0.15) is 0 Å². The number of hydrogen-bond donors (Lipinski definition) is 1. The third-order valence-corrected chi connectivity index (χ3v) is 6.66. The molecule has 0 aliphatic rings. The van der Waals surface area contributed by atoms with E-state index in [0.717, 1.165) is 17.1 Å². The second kappa shape index (κ2) is 8.06. The fourth-order valence-corrected chi connectivity index (χ4v) is 4.65. The Balaban J connectivity index is 1.74. The Hall–Kier alpha value is -3.52. The molecule has 34 heavy (non-hydrogen) atoms.